The molecule has 0 bridgehead atoms. The van der Waals surface area contributed by atoms with Crippen molar-refractivity contribution in [2.24, 2.45) is 0 Å². The summed E-state index contributed by atoms with van der Waals surface area (Å²) in [6.07, 6.45) is 2.32. The molecular formula is C18H23NO. The number of ether oxygens (including phenoxy) is 1. The Kier molecular flexibility index (Phi) is 5.19. The maximum absolute atomic E-state index is 5.20. The van der Waals surface area contributed by atoms with Gasteiger partial charge in [0.05, 0.1) is 7.11 Å². The first kappa shape index (κ1) is 14.6. The first-order chi connectivity index (χ1) is 9.69. The zero-order valence-electron chi connectivity index (χ0n) is 12.6. The Balaban J connectivity index is 2.08. The highest BCUT2D eigenvalue weighted by molar-refractivity contribution is 5.64. The maximum Gasteiger partial charge on any atom is 0.118 e. The van der Waals surface area contributed by atoms with Crippen molar-refractivity contribution in [2.75, 3.05) is 27.7 Å². The van der Waals surface area contributed by atoms with Crippen molar-refractivity contribution in [1.29, 1.82) is 0 Å². The van der Waals surface area contributed by atoms with Crippen molar-refractivity contribution in [2.45, 2.75) is 12.8 Å². The zero-order chi connectivity index (χ0) is 14.4. The van der Waals surface area contributed by atoms with E-state index in [1.807, 2.05) is 12.1 Å². The fourth-order valence-electron chi connectivity index (χ4n) is 2.29. The molecule has 0 saturated heterocycles. The largest absolute Gasteiger partial charge is 0.497 e. The zero-order valence-corrected chi connectivity index (χ0v) is 12.6. The third-order valence-corrected chi connectivity index (χ3v) is 3.42. The van der Waals surface area contributed by atoms with Crippen LogP contribution >= 0.6 is 0 Å². The van der Waals surface area contributed by atoms with Gasteiger partial charge in [-0.25, -0.2) is 0 Å². The predicted octanol–water partition coefficient (Wildman–Crippen LogP) is 3.86. The first-order valence-corrected chi connectivity index (χ1v) is 7.07. The van der Waals surface area contributed by atoms with Crippen molar-refractivity contribution >= 4 is 0 Å². The standard InChI is InChI=1S/C18H23NO/c1-19(2)13-5-7-15-6-4-8-17(14-15)16-9-11-18(20-3)12-10-16/h4,6,8-12,14H,5,7,13H2,1-3H3. The summed E-state index contributed by atoms with van der Waals surface area (Å²) in [4.78, 5) is 2.23. The van der Waals surface area contributed by atoms with Crippen LogP contribution in [-0.4, -0.2) is 32.6 Å². The van der Waals surface area contributed by atoms with Gasteiger partial charge in [0.25, 0.3) is 0 Å². The van der Waals surface area contributed by atoms with Gasteiger partial charge in [-0.2, -0.15) is 0 Å². The van der Waals surface area contributed by atoms with Gasteiger partial charge >= 0.3 is 0 Å². The van der Waals surface area contributed by atoms with E-state index >= 15 is 0 Å². The molecular weight excluding hydrogens is 246 g/mol. The van der Waals surface area contributed by atoms with Gasteiger partial charge in [-0.1, -0.05) is 36.4 Å². The molecule has 0 spiro atoms. The molecule has 2 heteroatoms. The smallest absolute Gasteiger partial charge is 0.118 e. The third-order valence-electron chi connectivity index (χ3n) is 3.42. The SMILES string of the molecule is COc1ccc(-c2cccc(CCCN(C)C)c2)cc1. The highest BCUT2D eigenvalue weighted by atomic mass is 16.5. The van der Waals surface area contributed by atoms with E-state index in [0.29, 0.717) is 0 Å². The van der Waals surface area contributed by atoms with Crippen molar-refractivity contribution in [3.63, 3.8) is 0 Å². The topological polar surface area (TPSA) is 12.5 Å². The van der Waals surface area contributed by atoms with E-state index in [1.165, 1.54) is 23.1 Å². The molecule has 2 nitrogen and oxygen atoms in total. The third kappa shape index (κ3) is 4.10. The molecule has 0 saturated carbocycles. The van der Waals surface area contributed by atoms with Gasteiger partial charge in [0.2, 0.25) is 0 Å². The second-order valence-corrected chi connectivity index (χ2v) is 5.34. The highest BCUT2D eigenvalue weighted by Crippen LogP contribution is 2.23. The number of hydrogen-bond acceptors (Lipinski definition) is 2. The number of nitrogens with zero attached hydrogens (tertiary/aromatic N) is 1. The van der Waals surface area contributed by atoms with Crippen molar-refractivity contribution in [1.82, 2.24) is 4.90 Å². The summed E-state index contributed by atoms with van der Waals surface area (Å²) in [5.41, 5.74) is 3.91. The molecule has 106 valence electrons. The molecule has 0 aliphatic carbocycles. The normalized spacial score (nSPS) is 10.8. The molecule has 0 aromatic heterocycles. The monoisotopic (exact) mass is 269 g/mol. The molecule has 0 aliphatic heterocycles. The van der Waals surface area contributed by atoms with Gasteiger partial charge in [-0.15, -0.1) is 0 Å². The lowest BCUT2D eigenvalue weighted by molar-refractivity contribution is 0.400. The molecule has 2 aromatic carbocycles. The van der Waals surface area contributed by atoms with Gasteiger partial charge < -0.3 is 9.64 Å². The van der Waals surface area contributed by atoms with E-state index in [2.05, 4.69) is 55.4 Å². The van der Waals surface area contributed by atoms with Crippen LogP contribution in [0.4, 0.5) is 0 Å². The minimum absolute atomic E-state index is 0.899. The van der Waals surface area contributed by atoms with Crippen molar-refractivity contribution < 1.29 is 4.74 Å². The van der Waals surface area contributed by atoms with Gasteiger partial charge in [-0.05, 0) is 62.3 Å². The Morgan fingerprint density at radius 1 is 0.950 bits per heavy atom. The van der Waals surface area contributed by atoms with Gasteiger partial charge in [-0.3, -0.25) is 0 Å². The summed E-state index contributed by atoms with van der Waals surface area (Å²) in [5.74, 6) is 0.899. The average Bonchev–Trinajstić information content (AvgIpc) is 2.47. The van der Waals surface area contributed by atoms with Crippen molar-refractivity contribution in [3.05, 3.63) is 54.1 Å². The Bertz CT molecular complexity index is 531. The molecule has 0 fully saturated rings. The summed E-state index contributed by atoms with van der Waals surface area (Å²) in [6.45, 7) is 1.13. The lowest BCUT2D eigenvalue weighted by Gasteiger charge is -2.10. The number of benzene rings is 2. The second-order valence-electron chi connectivity index (χ2n) is 5.34. The summed E-state index contributed by atoms with van der Waals surface area (Å²) < 4.78 is 5.20. The Morgan fingerprint density at radius 2 is 1.70 bits per heavy atom. The molecule has 0 amide bonds. The van der Waals surface area contributed by atoms with E-state index in [0.717, 1.165) is 18.7 Å². The van der Waals surface area contributed by atoms with Gasteiger partial charge in [0.15, 0.2) is 0 Å². The molecule has 0 atom stereocenters. The molecule has 0 unspecified atom stereocenters. The first-order valence-electron chi connectivity index (χ1n) is 7.07. The summed E-state index contributed by atoms with van der Waals surface area (Å²) in [6, 6.07) is 17.0. The quantitative estimate of drug-likeness (QED) is 0.789. The molecule has 2 rings (SSSR count). The minimum Gasteiger partial charge on any atom is -0.497 e. The maximum atomic E-state index is 5.20. The number of hydrogen-bond donors (Lipinski definition) is 0. The highest BCUT2D eigenvalue weighted by Gasteiger charge is 2.01. The summed E-state index contributed by atoms with van der Waals surface area (Å²) in [7, 11) is 5.93. The van der Waals surface area contributed by atoms with E-state index in [-0.39, 0.29) is 0 Å². The molecule has 0 N–H and O–H groups in total. The Morgan fingerprint density at radius 3 is 2.35 bits per heavy atom. The van der Waals surface area contributed by atoms with E-state index < -0.39 is 0 Å². The fraction of sp³-hybridized carbons (Fsp3) is 0.333. The van der Waals surface area contributed by atoms with Crippen LogP contribution < -0.4 is 4.74 Å². The Labute approximate surface area is 122 Å². The summed E-state index contributed by atoms with van der Waals surface area (Å²) in [5, 5.41) is 0. The van der Waals surface area contributed by atoms with E-state index in [4.69, 9.17) is 4.74 Å². The van der Waals surface area contributed by atoms with Crippen LogP contribution in [0.3, 0.4) is 0 Å². The van der Waals surface area contributed by atoms with E-state index in [9.17, 15) is 0 Å². The van der Waals surface area contributed by atoms with Crippen LogP contribution in [0.2, 0.25) is 0 Å². The van der Waals surface area contributed by atoms with Gasteiger partial charge in [0, 0.05) is 0 Å². The Hall–Kier alpha value is -1.80. The van der Waals surface area contributed by atoms with Crippen LogP contribution in [0.15, 0.2) is 48.5 Å². The minimum atomic E-state index is 0.899. The molecule has 0 radical (unpaired) electrons. The molecule has 2 aromatic rings. The number of rotatable bonds is 6. The molecule has 0 heterocycles. The molecule has 20 heavy (non-hydrogen) atoms. The lowest BCUT2D eigenvalue weighted by Crippen LogP contribution is -2.13. The summed E-state index contributed by atoms with van der Waals surface area (Å²) >= 11 is 0. The number of aryl methyl sites for hydroxylation is 1. The van der Waals surface area contributed by atoms with Crippen LogP contribution in [0.5, 0.6) is 5.75 Å². The van der Waals surface area contributed by atoms with Crippen molar-refractivity contribution in [3.8, 4) is 16.9 Å². The average molecular weight is 269 g/mol. The van der Waals surface area contributed by atoms with Crippen LogP contribution in [0.25, 0.3) is 11.1 Å². The van der Waals surface area contributed by atoms with Crippen LogP contribution in [0.1, 0.15) is 12.0 Å². The van der Waals surface area contributed by atoms with Crippen LogP contribution in [-0.2, 0) is 6.42 Å². The van der Waals surface area contributed by atoms with Crippen LogP contribution in [0, 0.1) is 0 Å². The second kappa shape index (κ2) is 7.11. The van der Waals surface area contributed by atoms with E-state index in [1.54, 1.807) is 7.11 Å². The van der Waals surface area contributed by atoms with Gasteiger partial charge in [0.1, 0.15) is 5.75 Å². The fourth-order valence-corrected chi connectivity index (χ4v) is 2.29. The molecule has 0 aliphatic rings. The number of methoxy groups -OCH3 is 1. The lowest BCUT2D eigenvalue weighted by atomic mass is 10.0. The predicted molar refractivity (Wildman–Crippen MR) is 85.3 cm³/mol.